The maximum atomic E-state index is 11.0. The second-order valence-electron chi connectivity index (χ2n) is 9.37. The average molecular weight is 528 g/mol. The fourth-order valence-electron chi connectivity index (χ4n) is 3.56. The topological polar surface area (TPSA) is 97.7 Å². The second-order valence-corrected chi connectivity index (χ2v) is 9.37. The van der Waals surface area contributed by atoms with E-state index in [0.717, 1.165) is 35.1 Å². The minimum absolute atomic E-state index is 0.000271. The van der Waals surface area contributed by atoms with Crippen LogP contribution in [0.3, 0.4) is 0 Å². The molecule has 2 aromatic carbocycles. The molecule has 2 aromatic rings. The van der Waals surface area contributed by atoms with Gasteiger partial charge < -0.3 is 34.1 Å². The van der Waals surface area contributed by atoms with Gasteiger partial charge in [-0.25, -0.2) is 4.79 Å². The summed E-state index contributed by atoms with van der Waals surface area (Å²) in [6.07, 6.45) is -0.730. The quantitative estimate of drug-likeness (QED) is 0.171. The lowest BCUT2D eigenvalue weighted by molar-refractivity contribution is -0.142. The van der Waals surface area contributed by atoms with Crippen LogP contribution in [0.1, 0.15) is 25.0 Å². The zero-order valence-electron chi connectivity index (χ0n) is 22.7. The molecule has 0 heterocycles. The maximum Gasteiger partial charge on any atom is 0.330 e. The first-order chi connectivity index (χ1) is 18.2. The summed E-state index contributed by atoms with van der Waals surface area (Å²) in [6.45, 7) is 15.3. The molecule has 2 unspecified atom stereocenters. The van der Waals surface area contributed by atoms with Crippen molar-refractivity contribution in [2.24, 2.45) is 5.92 Å². The van der Waals surface area contributed by atoms with Crippen molar-refractivity contribution >= 4 is 17.4 Å². The third-order valence-corrected chi connectivity index (χ3v) is 5.47. The van der Waals surface area contributed by atoms with Gasteiger partial charge in [0.2, 0.25) is 0 Å². The van der Waals surface area contributed by atoms with Gasteiger partial charge in [-0.3, -0.25) is 0 Å². The number of rotatable bonds is 18. The van der Waals surface area contributed by atoms with Gasteiger partial charge in [-0.15, -0.1) is 0 Å². The SMILES string of the molecule is C=CC(=O)OCC(O)COCCOCC(O)COc1ccc(C)c(N(CC(C)C)C(=C)c2ccccc2)c1. The Morgan fingerprint density at radius 1 is 0.974 bits per heavy atom. The fraction of sp³-hybridized carbons (Fsp3) is 0.433. The molecule has 8 heteroatoms. The van der Waals surface area contributed by atoms with Crippen LogP contribution < -0.4 is 9.64 Å². The van der Waals surface area contributed by atoms with E-state index in [2.05, 4.69) is 51.0 Å². The van der Waals surface area contributed by atoms with Gasteiger partial charge >= 0.3 is 5.97 Å². The Labute approximate surface area is 226 Å². The molecule has 0 radical (unpaired) electrons. The summed E-state index contributed by atoms with van der Waals surface area (Å²) in [5.74, 6) is 0.463. The van der Waals surface area contributed by atoms with Gasteiger partial charge in [0.25, 0.3) is 0 Å². The molecule has 0 fully saturated rings. The standard InChI is InChI=1S/C30H41NO7/c1-6-30(34)38-21-27(33)19-36-15-14-35-18-26(32)20-37-28-13-12-23(4)29(16-28)31(17-22(2)3)24(5)25-10-8-7-9-11-25/h6-13,16,22,26-27,32-33H,1,5,14-15,17-21H2,2-4H3. The number of nitrogens with zero attached hydrogens (tertiary/aromatic N) is 1. The van der Waals surface area contributed by atoms with Crippen molar-refractivity contribution in [1.82, 2.24) is 0 Å². The third-order valence-electron chi connectivity index (χ3n) is 5.47. The highest BCUT2D eigenvalue weighted by Gasteiger charge is 2.17. The van der Waals surface area contributed by atoms with Crippen LogP contribution in [0.5, 0.6) is 5.75 Å². The summed E-state index contributed by atoms with van der Waals surface area (Å²) in [4.78, 5) is 13.2. The third kappa shape index (κ3) is 11.1. The van der Waals surface area contributed by atoms with Crippen molar-refractivity contribution in [1.29, 1.82) is 0 Å². The van der Waals surface area contributed by atoms with Gasteiger partial charge in [-0.05, 0) is 30.0 Å². The van der Waals surface area contributed by atoms with Crippen molar-refractivity contribution in [3.05, 3.63) is 78.9 Å². The lowest BCUT2D eigenvalue weighted by Crippen LogP contribution is -2.27. The zero-order chi connectivity index (χ0) is 27.9. The van der Waals surface area contributed by atoms with Gasteiger partial charge in [0.15, 0.2) is 0 Å². The van der Waals surface area contributed by atoms with E-state index >= 15 is 0 Å². The van der Waals surface area contributed by atoms with Crippen LogP contribution in [0.2, 0.25) is 0 Å². The van der Waals surface area contributed by atoms with E-state index < -0.39 is 18.2 Å². The normalized spacial score (nSPS) is 12.6. The first kappa shape index (κ1) is 31.1. The molecule has 38 heavy (non-hydrogen) atoms. The van der Waals surface area contributed by atoms with Crippen molar-refractivity contribution in [3.63, 3.8) is 0 Å². The Balaban J connectivity index is 1.82. The van der Waals surface area contributed by atoms with Crippen LogP contribution in [0.4, 0.5) is 5.69 Å². The van der Waals surface area contributed by atoms with E-state index in [1.165, 1.54) is 0 Å². The molecule has 0 aliphatic carbocycles. The number of aliphatic hydroxyl groups excluding tert-OH is 2. The monoisotopic (exact) mass is 527 g/mol. The second kappa shape index (κ2) is 16.6. The number of aryl methyl sites for hydroxylation is 1. The maximum absolute atomic E-state index is 11.0. The van der Waals surface area contributed by atoms with Crippen LogP contribution in [0.25, 0.3) is 5.70 Å². The van der Waals surface area contributed by atoms with Crippen LogP contribution in [0, 0.1) is 12.8 Å². The van der Waals surface area contributed by atoms with Crippen molar-refractivity contribution < 1.29 is 34.0 Å². The molecule has 0 aliphatic rings. The molecule has 2 atom stereocenters. The Hall–Kier alpha value is -3.17. The van der Waals surface area contributed by atoms with E-state index in [4.69, 9.17) is 18.9 Å². The summed E-state index contributed by atoms with van der Waals surface area (Å²) in [5.41, 5.74) is 4.08. The first-order valence-electron chi connectivity index (χ1n) is 12.8. The number of aliphatic hydroxyl groups is 2. The summed E-state index contributed by atoms with van der Waals surface area (Å²) < 4.78 is 21.3. The molecule has 0 bridgehead atoms. The Morgan fingerprint density at radius 2 is 1.61 bits per heavy atom. The first-order valence-corrected chi connectivity index (χ1v) is 12.8. The van der Waals surface area contributed by atoms with Crippen molar-refractivity contribution in [3.8, 4) is 5.75 Å². The van der Waals surface area contributed by atoms with Crippen LogP contribution >= 0.6 is 0 Å². The molecule has 8 nitrogen and oxygen atoms in total. The highest BCUT2D eigenvalue weighted by molar-refractivity contribution is 5.81. The molecular weight excluding hydrogens is 486 g/mol. The van der Waals surface area contributed by atoms with E-state index in [1.54, 1.807) is 0 Å². The van der Waals surface area contributed by atoms with E-state index in [-0.39, 0.29) is 39.6 Å². The number of esters is 1. The van der Waals surface area contributed by atoms with Gasteiger partial charge in [-0.1, -0.05) is 63.4 Å². The summed E-state index contributed by atoms with van der Waals surface area (Å²) in [7, 11) is 0. The molecular formula is C30H41NO7. The molecule has 0 saturated carbocycles. The lowest BCUT2D eigenvalue weighted by Gasteiger charge is -2.30. The van der Waals surface area contributed by atoms with E-state index in [1.807, 2.05) is 36.4 Å². The smallest absolute Gasteiger partial charge is 0.330 e. The number of anilines is 1. The molecule has 2 N–H and O–H groups in total. The summed E-state index contributed by atoms with van der Waals surface area (Å²) in [6, 6.07) is 16.0. The molecule has 0 amide bonds. The largest absolute Gasteiger partial charge is 0.491 e. The predicted octanol–water partition coefficient (Wildman–Crippen LogP) is 3.99. The Kier molecular flexibility index (Phi) is 13.6. The zero-order valence-corrected chi connectivity index (χ0v) is 22.7. The van der Waals surface area contributed by atoms with Crippen LogP contribution in [-0.4, -0.2) is 74.6 Å². The molecule has 2 rings (SSSR count). The Bertz CT molecular complexity index is 1010. The summed E-state index contributed by atoms with van der Waals surface area (Å²) in [5, 5.41) is 20.0. The highest BCUT2D eigenvalue weighted by atomic mass is 16.6. The Morgan fingerprint density at radius 3 is 2.21 bits per heavy atom. The molecule has 0 saturated heterocycles. The minimum atomic E-state index is -0.932. The van der Waals surface area contributed by atoms with Gasteiger partial charge in [-0.2, -0.15) is 0 Å². The van der Waals surface area contributed by atoms with E-state index in [9.17, 15) is 15.0 Å². The van der Waals surface area contributed by atoms with Gasteiger partial charge in [0.1, 0.15) is 31.2 Å². The van der Waals surface area contributed by atoms with E-state index in [0.29, 0.717) is 11.7 Å². The molecule has 0 spiro atoms. The number of carbonyl (C=O) groups excluding carboxylic acids is 1. The molecule has 0 aliphatic heterocycles. The number of hydrogen-bond donors (Lipinski definition) is 2. The predicted molar refractivity (Wildman–Crippen MR) is 149 cm³/mol. The molecule has 208 valence electrons. The van der Waals surface area contributed by atoms with Gasteiger partial charge in [0, 0.05) is 30.1 Å². The van der Waals surface area contributed by atoms with Crippen LogP contribution in [0.15, 0.2) is 67.8 Å². The van der Waals surface area contributed by atoms with Crippen molar-refractivity contribution in [2.75, 3.05) is 51.1 Å². The number of carbonyl (C=O) groups is 1. The number of benzene rings is 2. The molecule has 0 aromatic heterocycles. The fourth-order valence-corrected chi connectivity index (χ4v) is 3.56. The number of hydrogen-bond acceptors (Lipinski definition) is 8. The average Bonchev–Trinajstić information content (AvgIpc) is 2.91. The highest BCUT2D eigenvalue weighted by Crippen LogP contribution is 2.32. The van der Waals surface area contributed by atoms with Crippen molar-refractivity contribution in [2.45, 2.75) is 33.0 Å². The van der Waals surface area contributed by atoms with Crippen LogP contribution in [-0.2, 0) is 19.0 Å². The lowest BCUT2D eigenvalue weighted by atomic mass is 10.1. The number of ether oxygens (including phenoxy) is 4. The summed E-state index contributed by atoms with van der Waals surface area (Å²) >= 11 is 0. The minimum Gasteiger partial charge on any atom is -0.491 e. The van der Waals surface area contributed by atoms with Gasteiger partial charge in [0.05, 0.1) is 26.4 Å².